The summed E-state index contributed by atoms with van der Waals surface area (Å²) in [5, 5.41) is 0.495. The molecule has 0 spiro atoms. The summed E-state index contributed by atoms with van der Waals surface area (Å²) in [6.45, 7) is 2.07. The number of unbranched alkanes of at least 4 members (excludes halogenated alkanes) is 1. The molecule has 1 heterocycles. The van der Waals surface area contributed by atoms with E-state index >= 15 is 0 Å². The molecule has 3 aromatic rings. The Bertz CT molecular complexity index is 921. The molecule has 0 atom stereocenters. The number of fused-ring (bicyclic) bond motifs is 1. The lowest BCUT2D eigenvalue weighted by Gasteiger charge is -2.14. The van der Waals surface area contributed by atoms with Crippen molar-refractivity contribution >= 4 is 26.8 Å². The molecule has 0 aliphatic rings. The highest BCUT2D eigenvalue weighted by atomic mass is 79.9. The van der Waals surface area contributed by atoms with E-state index in [4.69, 9.17) is 0 Å². The van der Waals surface area contributed by atoms with E-state index in [1.54, 1.807) is 24.3 Å². The Balaban J connectivity index is 2.32. The lowest BCUT2D eigenvalue weighted by molar-refractivity contribution is 0.607. The molecule has 0 amide bonds. The van der Waals surface area contributed by atoms with Gasteiger partial charge in [0.05, 0.1) is 16.6 Å². The van der Waals surface area contributed by atoms with Gasteiger partial charge in [0.25, 0.3) is 5.56 Å². The summed E-state index contributed by atoms with van der Waals surface area (Å²) in [4.78, 5) is 17.5. The minimum atomic E-state index is -0.448. The summed E-state index contributed by atoms with van der Waals surface area (Å²) in [7, 11) is 0. The van der Waals surface area contributed by atoms with E-state index in [0.29, 0.717) is 27.6 Å². The van der Waals surface area contributed by atoms with E-state index in [1.807, 2.05) is 12.1 Å². The molecule has 2 aromatic carbocycles. The monoisotopic (exact) mass is 374 g/mol. The average molecular weight is 375 g/mol. The topological polar surface area (TPSA) is 34.9 Å². The van der Waals surface area contributed by atoms with E-state index in [2.05, 4.69) is 27.8 Å². The second-order valence-corrected chi connectivity index (χ2v) is 6.30. The van der Waals surface area contributed by atoms with Gasteiger partial charge < -0.3 is 0 Å². The number of benzene rings is 2. The first-order valence-electron chi connectivity index (χ1n) is 7.58. The van der Waals surface area contributed by atoms with Gasteiger partial charge in [-0.2, -0.15) is 0 Å². The fourth-order valence-corrected chi connectivity index (χ4v) is 2.93. The number of halogens is 2. The number of rotatable bonds is 4. The summed E-state index contributed by atoms with van der Waals surface area (Å²) < 4.78 is 16.4. The molecule has 0 saturated carbocycles. The van der Waals surface area contributed by atoms with Crippen molar-refractivity contribution in [3.8, 4) is 5.69 Å². The van der Waals surface area contributed by atoms with Crippen molar-refractivity contribution in [3.05, 3.63) is 68.9 Å². The third kappa shape index (κ3) is 3.06. The van der Waals surface area contributed by atoms with Crippen molar-refractivity contribution < 1.29 is 4.39 Å². The fraction of sp³-hybridized carbons (Fsp3) is 0.222. The summed E-state index contributed by atoms with van der Waals surface area (Å²) in [5.74, 6) is 0.146. The highest BCUT2D eigenvalue weighted by Crippen LogP contribution is 2.20. The first-order valence-corrected chi connectivity index (χ1v) is 8.37. The molecule has 3 rings (SSSR count). The number of hydrogen-bond acceptors (Lipinski definition) is 2. The molecule has 0 unspecified atom stereocenters. The molecule has 0 aliphatic carbocycles. The van der Waals surface area contributed by atoms with Crippen LogP contribution in [0.5, 0.6) is 0 Å². The maximum absolute atomic E-state index is 14.4. The van der Waals surface area contributed by atoms with Gasteiger partial charge in [-0.3, -0.25) is 9.36 Å². The van der Waals surface area contributed by atoms with Crippen molar-refractivity contribution in [2.24, 2.45) is 0 Å². The predicted octanol–water partition coefficient (Wildman–Crippen LogP) is 4.63. The molecule has 0 aliphatic heterocycles. The highest BCUT2D eigenvalue weighted by molar-refractivity contribution is 9.10. The van der Waals surface area contributed by atoms with Crippen LogP contribution in [0.15, 0.2) is 51.7 Å². The quantitative estimate of drug-likeness (QED) is 0.667. The van der Waals surface area contributed by atoms with Crippen LogP contribution in [-0.4, -0.2) is 9.55 Å². The van der Waals surface area contributed by atoms with Gasteiger partial charge in [0.15, 0.2) is 0 Å². The number of aromatic nitrogens is 2. The molecule has 0 saturated heterocycles. The van der Waals surface area contributed by atoms with E-state index in [9.17, 15) is 9.18 Å². The van der Waals surface area contributed by atoms with Crippen molar-refractivity contribution in [3.63, 3.8) is 0 Å². The maximum Gasteiger partial charge on any atom is 0.266 e. The van der Waals surface area contributed by atoms with Gasteiger partial charge in [-0.1, -0.05) is 41.4 Å². The molecular weight excluding hydrogens is 359 g/mol. The van der Waals surface area contributed by atoms with Gasteiger partial charge in [0, 0.05) is 10.9 Å². The van der Waals surface area contributed by atoms with Crippen LogP contribution in [0.4, 0.5) is 4.39 Å². The van der Waals surface area contributed by atoms with E-state index in [-0.39, 0.29) is 11.2 Å². The van der Waals surface area contributed by atoms with Gasteiger partial charge in [-0.05, 0) is 36.8 Å². The minimum absolute atomic E-state index is 0.233. The standard InChI is InChI=1S/C18H16BrFN2O/c1-2-3-8-17-21-15-7-5-4-6-13(15)18(23)22(17)16-10-9-12(19)11-14(16)20/h4-7,9-11H,2-3,8H2,1H3. The Kier molecular flexibility index (Phi) is 4.57. The summed E-state index contributed by atoms with van der Waals surface area (Å²) >= 11 is 3.24. The van der Waals surface area contributed by atoms with Crippen LogP contribution >= 0.6 is 15.9 Å². The molecule has 1 aromatic heterocycles. The lowest BCUT2D eigenvalue weighted by Crippen LogP contribution is -2.24. The third-order valence-corrected chi connectivity index (χ3v) is 4.24. The molecule has 5 heteroatoms. The third-order valence-electron chi connectivity index (χ3n) is 3.75. The zero-order valence-corrected chi connectivity index (χ0v) is 14.3. The van der Waals surface area contributed by atoms with Crippen LogP contribution in [0.25, 0.3) is 16.6 Å². The van der Waals surface area contributed by atoms with Gasteiger partial charge in [0.1, 0.15) is 11.6 Å². The van der Waals surface area contributed by atoms with Crippen LogP contribution in [0.1, 0.15) is 25.6 Å². The SMILES string of the molecule is CCCCc1nc2ccccc2c(=O)n1-c1ccc(Br)cc1F. The number of nitrogens with zero attached hydrogens (tertiary/aromatic N) is 2. The van der Waals surface area contributed by atoms with Crippen LogP contribution in [-0.2, 0) is 6.42 Å². The largest absolute Gasteiger partial charge is 0.268 e. The minimum Gasteiger partial charge on any atom is -0.268 e. The van der Waals surface area contributed by atoms with E-state index < -0.39 is 5.82 Å². The first kappa shape index (κ1) is 15.9. The lowest BCUT2D eigenvalue weighted by atomic mass is 10.2. The number of hydrogen-bond donors (Lipinski definition) is 0. The van der Waals surface area contributed by atoms with Crippen molar-refractivity contribution in [1.82, 2.24) is 9.55 Å². The molecule has 23 heavy (non-hydrogen) atoms. The Labute approximate surface area is 141 Å². The van der Waals surface area contributed by atoms with E-state index in [0.717, 1.165) is 12.8 Å². The highest BCUT2D eigenvalue weighted by Gasteiger charge is 2.15. The number of para-hydroxylation sites is 1. The smallest absolute Gasteiger partial charge is 0.266 e. The Morgan fingerprint density at radius 2 is 2.00 bits per heavy atom. The van der Waals surface area contributed by atoms with Gasteiger partial charge >= 0.3 is 0 Å². The summed E-state index contributed by atoms with van der Waals surface area (Å²) in [5.41, 5.74) is 0.655. The van der Waals surface area contributed by atoms with Crippen molar-refractivity contribution in [1.29, 1.82) is 0 Å². The average Bonchev–Trinajstić information content (AvgIpc) is 2.54. The number of aryl methyl sites for hydroxylation is 1. The molecular formula is C18H16BrFN2O. The van der Waals surface area contributed by atoms with Gasteiger partial charge in [-0.25, -0.2) is 9.37 Å². The van der Waals surface area contributed by atoms with Crippen LogP contribution in [0, 0.1) is 5.82 Å². The van der Waals surface area contributed by atoms with Crippen LogP contribution in [0.2, 0.25) is 0 Å². The second-order valence-electron chi connectivity index (χ2n) is 5.39. The maximum atomic E-state index is 14.4. The Morgan fingerprint density at radius 1 is 1.22 bits per heavy atom. The van der Waals surface area contributed by atoms with Crippen LogP contribution < -0.4 is 5.56 Å². The molecule has 0 bridgehead atoms. The molecule has 0 N–H and O–H groups in total. The fourth-order valence-electron chi connectivity index (χ4n) is 2.59. The van der Waals surface area contributed by atoms with Gasteiger partial charge in [-0.15, -0.1) is 0 Å². The normalized spacial score (nSPS) is 11.1. The van der Waals surface area contributed by atoms with Crippen LogP contribution in [0.3, 0.4) is 0 Å². The first-order chi connectivity index (χ1) is 11.1. The molecule has 0 radical (unpaired) electrons. The van der Waals surface area contributed by atoms with E-state index in [1.165, 1.54) is 10.6 Å². The summed E-state index contributed by atoms with van der Waals surface area (Å²) in [6, 6.07) is 11.9. The van der Waals surface area contributed by atoms with Crippen molar-refractivity contribution in [2.45, 2.75) is 26.2 Å². The zero-order valence-electron chi connectivity index (χ0n) is 12.7. The Hall–Kier alpha value is -2.01. The predicted molar refractivity (Wildman–Crippen MR) is 93.6 cm³/mol. The van der Waals surface area contributed by atoms with Crippen molar-refractivity contribution in [2.75, 3.05) is 0 Å². The summed E-state index contributed by atoms with van der Waals surface area (Å²) in [6.07, 6.45) is 2.50. The molecule has 118 valence electrons. The molecule has 3 nitrogen and oxygen atoms in total. The Morgan fingerprint density at radius 3 is 2.74 bits per heavy atom. The second kappa shape index (κ2) is 6.62. The molecule has 0 fully saturated rings. The van der Waals surface area contributed by atoms with Gasteiger partial charge in [0.2, 0.25) is 0 Å². The zero-order chi connectivity index (χ0) is 16.4.